The number of carbonyl (C=O) groups excluding carboxylic acids is 1. The molecule has 0 aromatic heterocycles. The topological polar surface area (TPSA) is 47.6 Å². The van der Waals surface area contributed by atoms with E-state index in [4.69, 9.17) is 4.74 Å². The van der Waals surface area contributed by atoms with Crippen LogP contribution in [-0.2, 0) is 14.3 Å². The maximum atomic E-state index is 11.8. The number of nitrogens with one attached hydrogen (secondary N) is 1. The van der Waals surface area contributed by atoms with Crippen molar-refractivity contribution in [1.82, 2.24) is 5.32 Å². The third kappa shape index (κ3) is 3.85. The van der Waals surface area contributed by atoms with E-state index in [1.54, 1.807) is 7.11 Å². The van der Waals surface area contributed by atoms with Crippen LogP contribution in [0.5, 0.6) is 0 Å². The van der Waals surface area contributed by atoms with Gasteiger partial charge in [-0.2, -0.15) is 13.2 Å². The quantitative estimate of drug-likeness (QED) is 0.765. The number of halogens is 3. The summed E-state index contributed by atoms with van der Waals surface area (Å²) in [6.07, 6.45) is -3.75. The fraction of sp³-hybridized carbons (Fsp3) is 0.923. The maximum Gasteiger partial charge on any atom is 0.411 e. The van der Waals surface area contributed by atoms with E-state index in [1.165, 1.54) is 0 Å². The van der Waals surface area contributed by atoms with Gasteiger partial charge in [0.15, 0.2) is 0 Å². The molecule has 2 atom stereocenters. The van der Waals surface area contributed by atoms with Crippen LogP contribution in [0.15, 0.2) is 0 Å². The van der Waals surface area contributed by atoms with Crippen molar-refractivity contribution in [3.63, 3.8) is 0 Å². The van der Waals surface area contributed by atoms with Crippen LogP contribution in [0.1, 0.15) is 33.6 Å². The summed E-state index contributed by atoms with van der Waals surface area (Å²) >= 11 is 0. The molecule has 1 amide bonds. The lowest BCUT2D eigenvalue weighted by atomic mass is 9.56. The minimum atomic E-state index is -4.35. The molecule has 0 heterocycles. The van der Waals surface area contributed by atoms with Gasteiger partial charge in [0, 0.05) is 25.0 Å². The van der Waals surface area contributed by atoms with Gasteiger partial charge < -0.3 is 14.8 Å². The molecule has 0 saturated heterocycles. The number of methoxy groups -OCH3 is 1. The second-order valence-electron chi connectivity index (χ2n) is 5.90. The van der Waals surface area contributed by atoms with E-state index in [0.29, 0.717) is 6.42 Å². The number of carbonyl (C=O) groups is 1. The number of alkyl halides is 3. The molecular formula is C13H22F3NO3. The van der Waals surface area contributed by atoms with Crippen molar-refractivity contribution < 1.29 is 27.4 Å². The molecule has 1 rings (SSSR count). The molecule has 1 saturated carbocycles. The Labute approximate surface area is 117 Å². The van der Waals surface area contributed by atoms with Crippen molar-refractivity contribution >= 4 is 5.91 Å². The van der Waals surface area contributed by atoms with Crippen LogP contribution in [0, 0.1) is 5.41 Å². The van der Waals surface area contributed by atoms with Gasteiger partial charge in [-0.3, -0.25) is 4.79 Å². The Hall–Kier alpha value is -0.820. The highest BCUT2D eigenvalue weighted by molar-refractivity contribution is 5.76. The monoisotopic (exact) mass is 297 g/mol. The Morgan fingerprint density at radius 3 is 2.40 bits per heavy atom. The molecular weight excluding hydrogens is 275 g/mol. The molecule has 0 spiro atoms. The van der Waals surface area contributed by atoms with E-state index >= 15 is 0 Å². The Balaban J connectivity index is 2.28. The first-order valence-corrected chi connectivity index (χ1v) is 6.51. The average Bonchev–Trinajstić information content (AvgIpc) is 2.32. The van der Waals surface area contributed by atoms with Crippen LogP contribution >= 0.6 is 0 Å². The van der Waals surface area contributed by atoms with Gasteiger partial charge in [0.25, 0.3) is 0 Å². The zero-order chi connectivity index (χ0) is 15.6. The first-order valence-electron chi connectivity index (χ1n) is 6.51. The predicted octanol–water partition coefficient (Wildman–Crippen LogP) is 2.28. The van der Waals surface area contributed by atoms with Gasteiger partial charge in [-0.25, -0.2) is 0 Å². The minimum absolute atomic E-state index is 0.0393. The molecule has 1 aliphatic rings. The maximum absolute atomic E-state index is 11.8. The summed E-state index contributed by atoms with van der Waals surface area (Å²) in [7, 11) is 1.63. The summed E-state index contributed by atoms with van der Waals surface area (Å²) in [6, 6.07) is -0.0393. The van der Waals surface area contributed by atoms with Crippen molar-refractivity contribution in [1.29, 1.82) is 0 Å². The van der Waals surface area contributed by atoms with E-state index in [1.807, 2.05) is 20.8 Å². The highest BCUT2D eigenvalue weighted by Crippen LogP contribution is 2.51. The van der Waals surface area contributed by atoms with Crippen molar-refractivity contribution in [2.24, 2.45) is 5.41 Å². The SMILES string of the molecule is CO[C@@]1(C)C[C@@H](NC(=O)CCOCC(F)(F)F)C1(C)C. The number of rotatable bonds is 6. The average molecular weight is 297 g/mol. The molecule has 0 aliphatic heterocycles. The van der Waals surface area contributed by atoms with Crippen LogP contribution in [0.2, 0.25) is 0 Å². The summed E-state index contributed by atoms with van der Waals surface area (Å²) in [5.41, 5.74) is -0.512. The molecule has 0 bridgehead atoms. The Morgan fingerprint density at radius 2 is 1.95 bits per heavy atom. The minimum Gasteiger partial charge on any atom is -0.378 e. The van der Waals surface area contributed by atoms with Gasteiger partial charge in [-0.1, -0.05) is 13.8 Å². The smallest absolute Gasteiger partial charge is 0.378 e. The number of amides is 1. The summed E-state index contributed by atoms with van der Waals surface area (Å²) in [6.45, 7) is 4.40. The van der Waals surface area contributed by atoms with E-state index in [2.05, 4.69) is 10.1 Å². The molecule has 4 nitrogen and oxygen atoms in total. The van der Waals surface area contributed by atoms with E-state index in [-0.39, 0.29) is 36.0 Å². The van der Waals surface area contributed by atoms with Crippen LogP contribution in [0.25, 0.3) is 0 Å². The molecule has 1 aliphatic carbocycles. The summed E-state index contributed by atoms with van der Waals surface area (Å²) < 4.78 is 45.4. The summed E-state index contributed by atoms with van der Waals surface area (Å²) in [5.74, 6) is -0.302. The molecule has 0 unspecified atom stereocenters. The predicted molar refractivity (Wildman–Crippen MR) is 67.2 cm³/mol. The highest BCUT2D eigenvalue weighted by atomic mass is 19.4. The van der Waals surface area contributed by atoms with Crippen molar-refractivity contribution in [2.75, 3.05) is 20.3 Å². The highest BCUT2D eigenvalue weighted by Gasteiger charge is 2.58. The molecule has 1 N–H and O–H groups in total. The molecule has 1 fully saturated rings. The van der Waals surface area contributed by atoms with Crippen LogP contribution in [0.4, 0.5) is 13.2 Å². The van der Waals surface area contributed by atoms with Crippen molar-refractivity contribution in [3.05, 3.63) is 0 Å². The summed E-state index contributed by atoms with van der Waals surface area (Å²) in [5, 5.41) is 2.81. The Bertz CT molecular complexity index is 357. The third-order valence-electron chi connectivity index (χ3n) is 4.35. The van der Waals surface area contributed by atoms with Gasteiger partial charge in [0.2, 0.25) is 5.91 Å². The number of hydrogen-bond donors (Lipinski definition) is 1. The van der Waals surface area contributed by atoms with E-state index < -0.39 is 12.8 Å². The standard InChI is InChI=1S/C13H22F3NO3/c1-11(2)9(7-12(11,3)19-4)17-10(18)5-6-20-8-13(14,15)16/h9H,5-8H2,1-4H3,(H,17,18)/t9-,12+/m1/s1. The van der Waals surface area contributed by atoms with Gasteiger partial charge >= 0.3 is 6.18 Å². The van der Waals surface area contributed by atoms with Crippen molar-refractivity contribution in [3.8, 4) is 0 Å². The lowest BCUT2D eigenvalue weighted by molar-refractivity contribution is -0.184. The zero-order valence-corrected chi connectivity index (χ0v) is 12.3. The van der Waals surface area contributed by atoms with Gasteiger partial charge in [-0.15, -0.1) is 0 Å². The van der Waals surface area contributed by atoms with Crippen LogP contribution in [0.3, 0.4) is 0 Å². The Kier molecular flexibility index (Phi) is 5.08. The second-order valence-corrected chi connectivity index (χ2v) is 5.90. The normalized spacial score (nSPS) is 28.9. The lowest BCUT2D eigenvalue weighted by Gasteiger charge is -2.59. The van der Waals surface area contributed by atoms with Gasteiger partial charge in [0.1, 0.15) is 6.61 Å². The largest absolute Gasteiger partial charge is 0.411 e. The second kappa shape index (κ2) is 5.89. The molecule has 0 aromatic rings. The Morgan fingerprint density at radius 1 is 1.35 bits per heavy atom. The van der Waals surface area contributed by atoms with Gasteiger partial charge in [0.05, 0.1) is 12.2 Å². The number of ether oxygens (including phenoxy) is 2. The fourth-order valence-corrected chi connectivity index (χ4v) is 2.34. The first kappa shape index (κ1) is 17.2. The van der Waals surface area contributed by atoms with E-state index in [9.17, 15) is 18.0 Å². The molecule has 0 radical (unpaired) electrons. The van der Waals surface area contributed by atoms with Crippen molar-refractivity contribution in [2.45, 2.75) is 51.4 Å². The van der Waals surface area contributed by atoms with E-state index in [0.717, 1.165) is 0 Å². The number of hydrogen-bond acceptors (Lipinski definition) is 3. The van der Waals surface area contributed by atoms with Crippen LogP contribution < -0.4 is 5.32 Å². The summed E-state index contributed by atoms with van der Waals surface area (Å²) in [4.78, 5) is 11.6. The molecule has 7 heteroatoms. The third-order valence-corrected chi connectivity index (χ3v) is 4.35. The fourth-order valence-electron chi connectivity index (χ4n) is 2.34. The molecule has 0 aromatic carbocycles. The van der Waals surface area contributed by atoms with Gasteiger partial charge in [-0.05, 0) is 13.3 Å². The molecule has 20 heavy (non-hydrogen) atoms. The molecule has 118 valence electrons. The lowest BCUT2D eigenvalue weighted by Crippen LogP contribution is -2.68. The zero-order valence-electron chi connectivity index (χ0n) is 12.3. The van der Waals surface area contributed by atoms with Crippen LogP contribution in [-0.4, -0.2) is 44.0 Å². The first-order chi connectivity index (χ1) is 9.02.